The molecule has 1 amide bonds. The molecule has 0 spiro atoms. The topological polar surface area (TPSA) is 58.6 Å². The van der Waals surface area contributed by atoms with Crippen molar-refractivity contribution in [2.45, 2.75) is 39.2 Å². The standard InChI is InChI=1S/C20H24F2N4O2/c1-3-4-5-20(27)26-9-8-25(12-14(26)2)18-11-19(24-13-23-18)28-15-6-7-16(21)17(22)10-15/h6-7,10-11,13-14H,3-5,8-9,12H2,1-2H3. The number of anilines is 1. The molecule has 8 heteroatoms. The lowest BCUT2D eigenvalue weighted by Gasteiger charge is -2.40. The number of rotatable bonds is 6. The van der Waals surface area contributed by atoms with E-state index in [2.05, 4.69) is 21.8 Å². The summed E-state index contributed by atoms with van der Waals surface area (Å²) in [7, 11) is 0. The largest absolute Gasteiger partial charge is 0.439 e. The Kier molecular flexibility index (Phi) is 6.38. The van der Waals surface area contributed by atoms with Gasteiger partial charge < -0.3 is 14.5 Å². The van der Waals surface area contributed by atoms with Crippen molar-refractivity contribution in [2.24, 2.45) is 0 Å². The lowest BCUT2D eigenvalue weighted by Crippen LogP contribution is -2.54. The molecule has 150 valence electrons. The van der Waals surface area contributed by atoms with Gasteiger partial charge in [0.05, 0.1) is 0 Å². The Hall–Kier alpha value is -2.77. The van der Waals surface area contributed by atoms with Crippen molar-refractivity contribution in [3.8, 4) is 11.6 Å². The zero-order valence-corrected chi connectivity index (χ0v) is 16.1. The second kappa shape index (κ2) is 8.95. The fourth-order valence-electron chi connectivity index (χ4n) is 3.23. The molecule has 6 nitrogen and oxygen atoms in total. The molecule has 1 aromatic heterocycles. The third-order valence-electron chi connectivity index (χ3n) is 4.76. The second-order valence-corrected chi connectivity index (χ2v) is 6.88. The molecule has 1 atom stereocenters. The molecule has 1 aliphatic heterocycles. The molecule has 1 unspecified atom stereocenters. The van der Waals surface area contributed by atoms with Gasteiger partial charge in [0.1, 0.15) is 17.9 Å². The molecule has 28 heavy (non-hydrogen) atoms. The predicted molar refractivity (Wildman–Crippen MR) is 101 cm³/mol. The first-order chi connectivity index (χ1) is 13.5. The highest BCUT2D eigenvalue weighted by Crippen LogP contribution is 2.25. The van der Waals surface area contributed by atoms with Gasteiger partial charge in [-0.1, -0.05) is 13.3 Å². The molecule has 2 heterocycles. The van der Waals surface area contributed by atoms with E-state index in [0.717, 1.165) is 25.0 Å². The summed E-state index contributed by atoms with van der Waals surface area (Å²) in [5.74, 6) is -0.659. The molecule has 0 saturated carbocycles. The van der Waals surface area contributed by atoms with E-state index in [0.29, 0.717) is 31.9 Å². The van der Waals surface area contributed by atoms with Gasteiger partial charge in [0.15, 0.2) is 11.6 Å². The van der Waals surface area contributed by atoms with Crippen molar-refractivity contribution in [2.75, 3.05) is 24.5 Å². The van der Waals surface area contributed by atoms with Crippen LogP contribution >= 0.6 is 0 Å². The minimum absolute atomic E-state index is 0.0728. The number of unbranched alkanes of at least 4 members (excludes halogenated alkanes) is 1. The van der Waals surface area contributed by atoms with Crippen LogP contribution in [0, 0.1) is 11.6 Å². The fraction of sp³-hybridized carbons (Fsp3) is 0.450. The molecule has 0 radical (unpaired) electrons. The predicted octanol–water partition coefficient (Wildman–Crippen LogP) is 3.77. The minimum atomic E-state index is -0.982. The van der Waals surface area contributed by atoms with Crippen LogP contribution in [0.15, 0.2) is 30.6 Å². The van der Waals surface area contributed by atoms with Crippen molar-refractivity contribution >= 4 is 11.7 Å². The summed E-state index contributed by atoms with van der Waals surface area (Å²) >= 11 is 0. The molecule has 1 fully saturated rings. The number of carbonyl (C=O) groups excluding carboxylic acids is 1. The molecule has 0 N–H and O–H groups in total. The first kappa shape index (κ1) is 20.0. The van der Waals surface area contributed by atoms with E-state index in [1.807, 2.05) is 11.8 Å². The van der Waals surface area contributed by atoms with Gasteiger partial charge in [-0.05, 0) is 25.5 Å². The highest BCUT2D eigenvalue weighted by atomic mass is 19.2. The van der Waals surface area contributed by atoms with E-state index >= 15 is 0 Å². The molecule has 1 saturated heterocycles. The summed E-state index contributed by atoms with van der Waals surface area (Å²) in [4.78, 5) is 24.6. The van der Waals surface area contributed by atoms with E-state index < -0.39 is 11.6 Å². The van der Waals surface area contributed by atoms with Crippen LogP contribution in [0.4, 0.5) is 14.6 Å². The molecule has 1 aromatic carbocycles. The number of amides is 1. The fourth-order valence-corrected chi connectivity index (χ4v) is 3.23. The average molecular weight is 390 g/mol. The lowest BCUT2D eigenvalue weighted by atomic mass is 10.1. The van der Waals surface area contributed by atoms with Crippen LogP contribution in [-0.4, -0.2) is 46.5 Å². The SMILES string of the molecule is CCCCC(=O)N1CCN(c2cc(Oc3ccc(F)c(F)c3)ncn2)CC1C. The van der Waals surface area contributed by atoms with Gasteiger partial charge in [-0.3, -0.25) is 4.79 Å². The lowest BCUT2D eigenvalue weighted by molar-refractivity contribution is -0.133. The van der Waals surface area contributed by atoms with E-state index in [1.54, 1.807) is 6.07 Å². The first-order valence-electron chi connectivity index (χ1n) is 9.47. The van der Waals surface area contributed by atoms with E-state index in [4.69, 9.17) is 4.74 Å². The molecule has 3 rings (SSSR count). The summed E-state index contributed by atoms with van der Waals surface area (Å²) in [6, 6.07) is 5.04. The highest BCUT2D eigenvalue weighted by Gasteiger charge is 2.27. The van der Waals surface area contributed by atoms with Crippen LogP contribution in [-0.2, 0) is 4.79 Å². The maximum atomic E-state index is 13.3. The van der Waals surface area contributed by atoms with E-state index in [1.165, 1.54) is 12.4 Å². The van der Waals surface area contributed by atoms with Crippen LogP contribution in [0.2, 0.25) is 0 Å². The number of hydrogen-bond acceptors (Lipinski definition) is 5. The van der Waals surface area contributed by atoms with Crippen LogP contribution in [0.1, 0.15) is 33.1 Å². The van der Waals surface area contributed by atoms with Crippen LogP contribution in [0.3, 0.4) is 0 Å². The van der Waals surface area contributed by atoms with Crippen LogP contribution in [0.5, 0.6) is 11.6 Å². The summed E-state index contributed by atoms with van der Waals surface area (Å²) < 4.78 is 31.9. The third kappa shape index (κ3) is 4.74. The molecule has 1 aliphatic rings. The van der Waals surface area contributed by atoms with Gasteiger partial charge in [-0.2, -0.15) is 0 Å². The Morgan fingerprint density at radius 1 is 1.21 bits per heavy atom. The van der Waals surface area contributed by atoms with Gasteiger partial charge in [0.2, 0.25) is 11.8 Å². The number of benzene rings is 1. The highest BCUT2D eigenvalue weighted by molar-refractivity contribution is 5.76. The van der Waals surface area contributed by atoms with Gasteiger partial charge in [0.25, 0.3) is 0 Å². The molecular weight excluding hydrogens is 366 g/mol. The van der Waals surface area contributed by atoms with Gasteiger partial charge in [0, 0.05) is 44.2 Å². The second-order valence-electron chi connectivity index (χ2n) is 6.88. The number of ether oxygens (including phenoxy) is 1. The van der Waals surface area contributed by atoms with E-state index in [9.17, 15) is 13.6 Å². The first-order valence-corrected chi connectivity index (χ1v) is 9.47. The quantitative estimate of drug-likeness (QED) is 0.751. The van der Waals surface area contributed by atoms with Crippen molar-refractivity contribution in [3.05, 3.63) is 42.2 Å². The molecule has 2 aromatic rings. The molecule has 0 aliphatic carbocycles. The maximum absolute atomic E-state index is 13.3. The monoisotopic (exact) mass is 390 g/mol. The van der Waals surface area contributed by atoms with Crippen LogP contribution in [0.25, 0.3) is 0 Å². The smallest absolute Gasteiger partial charge is 0.224 e. The summed E-state index contributed by atoms with van der Waals surface area (Å²) in [5.41, 5.74) is 0. The average Bonchev–Trinajstić information content (AvgIpc) is 2.69. The Morgan fingerprint density at radius 2 is 2.04 bits per heavy atom. The maximum Gasteiger partial charge on any atom is 0.224 e. The summed E-state index contributed by atoms with van der Waals surface area (Å²) in [6.45, 7) is 6.04. The Balaban J connectivity index is 1.66. The van der Waals surface area contributed by atoms with Gasteiger partial charge >= 0.3 is 0 Å². The number of hydrogen-bond donors (Lipinski definition) is 0. The zero-order valence-electron chi connectivity index (χ0n) is 16.1. The van der Waals surface area contributed by atoms with Gasteiger partial charge in [-0.15, -0.1) is 0 Å². The van der Waals surface area contributed by atoms with E-state index in [-0.39, 0.29) is 23.6 Å². The van der Waals surface area contributed by atoms with Crippen molar-refractivity contribution < 1.29 is 18.3 Å². The van der Waals surface area contributed by atoms with Crippen molar-refractivity contribution in [3.63, 3.8) is 0 Å². The van der Waals surface area contributed by atoms with Crippen molar-refractivity contribution in [1.29, 1.82) is 0 Å². The zero-order chi connectivity index (χ0) is 20.1. The number of halogens is 2. The number of carbonyl (C=O) groups is 1. The number of aromatic nitrogens is 2. The summed E-state index contributed by atoms with van der Waals surface area (Å²) in [5, 5.41) is 0. The normalized spacial score (nSPS) is 16.9. The summed E-state index contributed by atoms with van der Waals surface area (Å²) in [6.07, 6.45) is 3.86. The Labute approximate surface area is 163 Å². The number of piperazine rings is 1. The van der Waals surface area contributed by atoms with Crippen LogP contribution < -0.4 is 9.64 Å². The minimum Gasteiger partial charge on any atom is -0.439 e. The van der Waals surface area contributed by atoms with Gasteiger partial charge in [-0.25, -0.2) is 18.7 Å². The molecular formula is C20H24F2N4O2. The Morgan fingerprint density at radius 3 is 2.75 bits per heavy atom. The third-order valence-corrected chi connectivity index (χ3v) is 4.76. The number of nitrogens with zero attached hydrogens (tertiary/aromatic N) is 4. The van der Waals surface area contributed by atoms with Crippen molar-refractivity contribution in [1.82, 2.24) is 14.9 Å². The Bertz CT molecular complexity index is 834. The molecule has 0 bridgehead atoms.